The molecule has 0 atom stereocenters. The van der Waals surface area contributed by atoms with Crippen LogP contribution < -0.4 is 5.32 Å². The highest BCUT2D eigenvalue weighted by Gasteiger charge is 2.16. The smallest absolute Gasteiger partial charge is 0.228 e. The van der Waals surface area contributed by atoms with E-state index < -0.39 is 0 Å². The van der Waals surface area contributed by atoms with Crippen LogP contribution in [0.25, 0.3) is 0 Å². The van der Waals surface area contributed by atoms with E-state index in [9.17, 15) is 4.79 Å². The van der Waals surface area contributed by atoms with Gasteiger partial charge in [-0.25, -0.2) is 0 Å². The first-order valence-electron chi connectivity index (χ1n) is 5.65. The second-order valence-electron chi connectivity index (χ2n) is 2.89. The van der Waals surface area contributed by atoms with Gasteiger partial charge in [0.15, 0.2) is 0 Å². The number of nitrogens with one attached hydrogen (secondary N) is 1. The van der Waals surface area contributed by atoms with Crippen LogP contribution in [0.15, 0.2) is 18.2 Å². The Morgan fingerprint density at radius 3 is 2.33 bits per heavy atom. The minimum Gasteiger partial charge on any atom is -0.326 e. The average molecular weight is 207 g/mol. The largest absolute Gasteiger partial charge is 0.326 e. The first-order chi connectivity index (χ1) is 7.25. The third-order valence-corrected chi connectivity index (χ3v) is 1.89. The minimum absolute atomic E-state index is 0.102. The summed E-state index contributed by atoms with van der Waals surface area (Å²) >= 11 is 0. The maximum Gasteiger partial charge on any atom is 0.228 e. The molecule has 1 aliphatic rings. The summed E-state index contributed by atoms with van der Waals surface area (Å²) < 4.78 is 0. The van der Waals surface area contributed by atoms with Crippen molar-refractivity contribution < 1.29 is 4.79 Å². The second-order valence-corrected chi connectivity index (χ2v) is 2.89. The van der Waals surface area contributed by atoms with Gasteiger partial charge in [-0.3, -0.25) is 4.79 Å². The van der Waals surface area contributed by atoms with E-state index in [1.165, 1.54) is 5.56 Å². The first kappa shape index (κ1) is 13.7. The Balaban J connectivity index is 0.000000442. The summed E-state index contributed by atoms with van der Waals surface area (Å²) in [5.41, 5.74) is 3.28. The van der Waals surface area contributed by atoms with Crippen LogP contribution in [0.5, 0.6) is 0 Å². The standard InChI is InChI=1S/C9H9NO.2C2H6/c1-6-2-3-7-5-9(11)10-8(7)4-6;2*1-2/h2-4H,5H2,1H3,(H,10,11);2*1-2H3. The van der Waals surface area contributed by atoms with E-state index in [2.05, 4.69) is 5.32 Å². The Kier molecular flexibility index (Phi) is 6.43. The summed E-state index contributed by atoms with van der Waals surface area (Å²) in [6, 6.07) is 6.03. The van der Waals surface area contributed by atoms with E-state index in [0.29, 0.717) is 6.42 Å². The topological polar surface area (TPSA) is 29.1 Å². The minimum atomic E-state index is 0.102. The molecule has 2 nitrogen and oxygen atoms in total. The summed E-state index contributed by atoms with van der Waals surface area (Å²) in [6.45, 7) is 10.0. The molecule has 1 amide bonds. The van der Waals surface area contributed by atoms with Crippen molar-refractivity contribution in [1.29, 1.82) is 0 Å². The summed E-state index contributed by atoms with van der Waals surface area (Å²) in [7, 11) is 0. The lowest BCUT2D eigenvalue weighted by Gasteiger charge is -1.97. The Labute approximate surface area is 92.7 Å². The molecular formula is C13H21NO. The predicted octanol–water partition coefficient (Wildman–Crippen LogP) is 3.54. The Morgan fingerprint density at radius 2 is 1.73 bits per heavy atom. The Hall–Kier alpha value is -1.31. The quantitative estimate of drug-likeness (QED) is 0.692. The number of amides is 1. The van der Waals surface area contributed by atoms with Crippen LogP contribution >= 0.6 is 0 Å². The normalized spacial score (nSPS) is 11.4. The van der Waals surface area contributed by atoms with Gasteiger partial charge in [-0.15, -0.1) is 0 Å². The molecule has 84 valence electrons. The molecule has 0 fully saturated rings. The molecular weight excluding hydrogens is 186 g/mol. The van der Waals surface area contributed by atoms with Gasteiger partial charge in [-0.2, -0.15) is 0 Å². The molecule has 1 aromatic rings. The molecule has 0 saturated heterocycles. The Morgan fingerprint density at radius 1 is 1.13 bits per heavy atom. The lowest BCUT2D eigenvalue weighted by atomic mass is 10.1. The van der Waals surface area contributed by atoms with Crippen molar-refractivity contribution in [2.45, 2.75) is 41.0 Å². The zero-order valence-corrected chi connectivity index (χ0v) is 10.3. The number of carbonyl (C=O) groups excluding carboxylic acids is 1. The molecule has 0 aliphatic carbocycles. The summed E-state index contributed by atoms with van der Waals surface area (Å²) in [5.74, 6) is 0.102. The Bertz CT molecular complexity index is 318. The second kappa shape index (κ2) is 7.04. The van der Waals surface area contributed by atoms with E-state index in [-0.39, 0.29) is 5.91 Å². The van der Waals surface area contributed by atoms with Crippen molar-refractivity contribution in [3.8, 4) is 0 Å². The molecule has 0 radical (unpaired) electrons. The zero-order valence-electron chi connectivity index (χ0n) is 10.3. The van der Waals surface area contributed by atoms with Crippen LogP contribution in [0.3, 0.4) is 0 Å². The van der Waals surface area contributed by atoms with Crippen LogP contribution in [0.1, 0.15) is 38.8 Å². The highest BCUT2D eigenvalue weighted by atomic mass is 16.1. The molecule has 1 aliphatic heterocycles. The number of hydrogen-bond acceptors (Lipinski definition) is 1. The van der Waals surface area contributed by atoms with Gasteiger partial charge in [-0.05, 0) is 24.1 Å². The van der Waals surface area contributed by atoms with Gasteiger partial charge in [-0.1, -0.05) is 39.8 Å². The van der Waals surface area contributed by atoms with Crippen LogP contribution in [0.4, 0.5) is 5.69 Å². The van der Waals surface area contributed by atoms with E-state index in [4.69, 9.17) is 0 Å². The molecule has 2 rings (SSSR count). The maximum atomic E-state index is 10.9. The number of fused-ring (bicyclic) bond motifs is 1. The molecule has 1 aromatic carbocycles. The van der Waals surface area contributed by atoms with E-state index in [0.717, 1.165) is 11.3 Å². The van der Waals surface area contributed by atoms with Crippen LogP contribution in [-0.2, 0) is 11.2 Å². The van der Waals surface area contributed by atoms with Gasteiger partial charge in [0, 0.05) is 5.69 Å². The van der Waals surface area contributed by atoms with Crippen LogP contribution in [0, 0.1) is 6.92 Å². The summed E-state index contributed by atoms with van der Waals surface area (Å²) in [6.07, 6.45) is 0.537. The van der Waals surface area contributed by atoms with Gasteiger partial charge in [0.05, 0.1) is 6.42 Å². The van der Waals surface area contributed by atoms with Crippen molar-refractivity contribution in [2.24, 2.45) is 0 Å². The fourth-order valence-corrected chi connectivity index (χ4v) is 1.33. The van der Waals surface area contributed by atoms with Crippen molar-refractivity contribution in [1.82, 2.24) is 0 Å². The highest BCUT2D eigenvalue weighted by Crippen LogP contribution is 2.23. The molecule has 0 bridgehead atoms. The number of benzene rings is 1. The molecule has 0 aromatic heterocycles. The average Bonchev–Trinajstić information content (AvgIpc) is 2.63. The van der Waals surface area contributed by atoms with Crippen LogP contribution in [-0.4, -0.2) is 5.91 Å². The summed E-state index contributed by atoms with van der Waals surface area (Å²) in [4.78, 5) is 10.9. The fraction of sp³-hybridized carbons (Fsp3) is 0.462. The highest BCUT2D eigenvalue weighted by molar-refractivity contribution is 5.99. The number of carbonyl (C=O) groups is 1. The van der Waals surface area contributed by atoms with Crippen molar-refractivity contribution >= 4 is 11.6 Å². The van der Waals surface area contributed by atoms with Gasteiger partial charge >= 0.3 is 0 Å². The van der Waals surface area contributed by atoms with E-state index in [1.54, 1.807) is 0 Å². The molecule has 2 heteroatoms. The van der Waals surface area contributed by atoms with Gasteiger partial charge < -0.3 is 5.32 Å². The monoisotopic (exact) mass is 207 g/mol. The van der Waals surface area contributed by atoms with Gasteiger partial charge in [0.2, 0.25) is 5.91 Å². The predicted molar refractivity (Wildman–Crippen MR) is 66.2 cm³/mol. The SMILES string of the molecule is CC.CC.Cc1ccc2c(c1)NC(=O)C2. The zero-order chi connectivity index (χ0) is 11.8. The third-order valence-electron chi connectivity index (χ3n) is 1.89. The third kappa shape index (κ3) is 3.74. The van der Waals surface area contributed by atoms with Crippen molar-refractivity contribution in [2.75, 3.05) is 5.32 Å². The molecule has 1 heterocycles. The van der Waals surface area contributed by atoms with E-state index >= 15 is 0 Å². The van der Waals surface area contributed by atoms with Crippen LogP contribution in [0.2, 0.25) is 0 Å². The maximum absolute atomic E-state index is 10.9. The number of aryl methyl sites for hydroxylation is 1. The van der Waals surface area contributed by atoms with E-state index in [1.807, 2.05) is 52.8 Å². The first-order valence-corrected chi connectivity index (χ1v) is 5.65. The number of anilines is 1. The summed E-state index contributed by atoms with van der Waals surface area (Å²) in [5, 5.41) is 2.80. The number of hydrogen-bond donors (Lipinski definition) is 1. The molecule has 15 heavy (non-hydrogen) atoms. The van der Waals surface area contributed by atoms with Crippen molar-refractivity contribution in [3.05, 3.63) is 29.3 Å². The fourth-order valence-electron chi connectivity index (χ4n) is 1.33. The molecule has 0 spiro atoms. The van der Waals surface area contributed by atoms with Gasteiger partial charge in [0.1, 0.15) is 0 Å². The van der Waals surface area contributed by atoms with Crippen molar-refractivity contribution in [3.63, 3.8) is 0 Å². The molecule has 0 unspecified atom stereocenters. The molecule has 0 saturated carbocycles. The molecule has 1 N–H and O–H groups in total. The van der Waals surface area contributed by atoms with Gasteiger partial charge in [0.25, 0.3) is 0 Å². The lowest BCUT2D eigenvalue weighted by molar-refractivity contribution is -0.115. The lowest BCUT2D eigenvalue weighted by Crippen LogP contribution is -2.03. The number of rotatable bonds is 0.